The maximum Gasteiger partial charge on any atom is 0.305 e. The Hall–Kier alpha value is -2.87. The number of anilines is 1. The van der Waals surface area contributed by atoms with Crippen LogP contribution >= 0.6 is 0 Å². The van der Waals surface area contributed by atoms with Crippen LogP contribution in [0.4, 0.5) is 10.1 Å². The molecule has 0 saturated carbocycles. The Morgan fingerprint density at radius 1 is 1.25 bits per heavy atom. The second kappa shape index (κ2) is 6.71. The molecular formula is C19H17FN2O2. The van der Waals surface area contributed by atoms with Gasteiger partial charge in [0.15, 0.2) is 0 Å². The van der Waals surface area contributed by atoms with Crippen LogP contribution in [0.1, 0.15) is 12.0 Å². The zero-order valence-electron chi connectivity index (χ0n) is 13.3. The molecule has 4 nitrogen and oxygen atoms in total. The number of hydrogen-bond acceptors (Lipinski definition) is 4. The molecule has 2 aromatic rings. The summed E-state index contributed by atoms with van der Waals surface area (Å²) in [6.45, 7) is 1.67. The molecular weight excluding hydrogens is 307 g/mol. The number of nitrogens with zero attached hydrogens (tertiary/aromatic N) is 2. The number of methoxy groups -OCH3 is 1. The predicted octanol–water partition coefficient (Wildman–Crippen LogP) is 3.36. The lowest BCUT2D eigenvalue weighted by Crippen LogP contribution is -2.47. The van der Waals surface area contributed by atoms with Crippen LogP contribution in [0.2, 0.25) is 0 Å². The molecule has 0 amide bonds. The number of carbonyl (C=O) groups excluding carboxylic acids is 1. The highest BCUT2D eigenvalue weighted by molar-refractivity contribution is 5.71. The quantitative estimate of drug-likeness (QED) is 0.809. The third kappa shape index (κ3) is 3.23. The second-order valence-corrected chi connectivity index (χ2v) is 5.90. The van der Waals surface area contributed by atoms with E-state index < -0.39 is 5.82 Å². The molecule has 1 aliphatic rings. The van der Waals surface area contributed by atoms with Crippen molar-refractivity contribution < 1.29 is 13.9 Å². The number of carbonyl (C=O) groups is 1. The van der Waals surface area contributed by atoms with Crippen molar-refractivity contribution in [3.63, 3.8) is 0 Å². The fourth-order valence-corrected chi connectivity index (χ4v) is 2.88. The van der Waals surface area contributed by atoms with Crippen LogP contribution in [-0.4, -0.2) is 26.2 Å². The van der Waals surface area contributed by atoms with E-state index in [9.17, 15) is 9.18 Å². The molecule has 122 valence electrons. The van der Waals surface area contributed by atoms with Crippen molar-refractivity contribution in [2.75, 3.05) is 25.1 Å². The molecule has 0 unspecified atom stereocenters. The second-order valence-electron chi connectivity index (χ2n) is 5.90. The Labute approximate surface area is 140 Å². The van der Waals surface area contributed by atoms with Crippen LogP contribution < -0.4 is 4.90 Å². The number of esters is 1. The molecule has 1 aliphatic heterocycles. The topological polar surface area (TPSA) is 53.3 Å². The van der Waals surface area contributed by atoms with E-state index in [1.165, 1.54) is 19.2 Å². The van der Waals surface area contributed by atoms with Gasteiger partial charge in [-0.1, -0.05) is 18.2 Å². The molecule has 0 bridgehead atoms. The molecule has 0 aliphatic carbocycles. The fraction of sp³-hybridized carbons (Fsp3) is 0.263. The molecule has 0 spiro atoms. The third-order valence-electron chi connectivity index (χ3n) is 4.30. The first-order chi connectivity index (χ1) is 11.6. The summed E-state index contributed by atoms with van der Waals surface area (Å²) in [5, 5.41) is 8.78. The van der Waals surface area contributed by atoms with Gasteiger partial charge in [0.25, 0.3) is 0 Å². The largest absolute Gasteiger partial charge is 0.469 e. The van der Waals surface area contributed by atoms with Gasteiger partial charge in [0, 0.05) is 24.7 Å². The summed E-state index contributed by atoms with van der Waals surface area (Å²) in [7, 11) is 1.41. The van der Waals surface area contributed by atoms with E-state index in [1.807, 2.05) is 30.3 Å². The van der Waals surface area contributed by atoms with E-state index in [0.717, 1.165) is 29.9 Å². The number of nitriles is 1. The van der Waals surface area contributed by atoms with Gasteiger partial charge >= 0.3 is 5.97 Å². The van der Waals surface area contributed by atoms with E-state index in [-0.39, 0.29) is 11.5 Å². The Balaban J connectivity index is 1.66. The zero-order chi connectivity index (χ0) is 17.1. The molecule has 1 saturated heterocycles. The number of halogens is 1. The molecule has 1 fully saturated rings. The highest BCUT2D eigenvalue weighted by atomic mass is 19.1. The minimum atomic E-state index is -0.507. The van der Waals surface area contributed by atoms with Crippen molar-refractivity contribution in [1.29, 1.82) is 5.26 Å². The average molecular weight is 324 g/mol. The van der Waals surface area contributed by atoms with E-state index in [1.54, 1.807) is 6.07 Å². The highest BCUT2D eigenvalue weighted by Crippen LogP contribution is 2.29. The van der Waals surface area contributed by atoms with Gasteiger partial charge in [0.1, 0.15) is 11.9 Å². The van der Waals surface area contributed by atoms with Crippen LogP contribution in [0.15, 0.2) is 42.5 Å². The SMILES string of the molecule is COC(=O)CC1CN(c2ccc(-c3ccc(C#N)c(F)c3)cc2)C1. The number of ether oxygens (including phenoxy) is 1. The van der Waals surface area contributed by atoms with Gasteiger partial charge in [-0.25, -0.2) is 4.39 Å². The van der Waals surface area contributed by atoms with Crippen LogP contribution in [0.25, 0.3) is 11.1 Å². The van der Waals surface area contributed by atoms with Gasteiger partial charge in [0.2, 0.25) is 0 Å². The van der Waals surface area contributed by atoms with Crippen LogP contribution in [-0.2, 0) is 9.53 Å². The van der Waals surface area contributed by atoms with Crippen molar-refractivity contribution in [3.05, 3.63) is 53.8 Å². The number of rotatable bonds is 4. The first-order valence-corrected chi connectivity index (χ1v) is 7.72. The Bertz CT molecular complexity index is 790. The minimum absolute atomic E-state index is 0.0487. The van der Waals surface area contributed by atoms with Crippen LogP contribution in [0, 0.1) is 23.1 Å². The van der Waals surface area contributed by atoms with Crippen molar-refractivity contribution >= 4 is 11.7 Å². The Morgan fingerprint density at radius 3 is 2.50 bits per heavy atom. The summed E-state index contributed by atoms with van der Waals surface area (Å²) in [5.41, 5.74) is 2.76. The summed E-state index contributed by atoms with van der Waals surface area (Å²) in [6.07, 6.45) is 0.454. The molecule has 0 radical (unpaired) electrons. The first-order valence-electron chi connectivity index (χ1n) is 7.72. The van der Waals surface area contributed by atoms with Gasteiger partial charge in [-0.2, -0.15) is 5.26 Å². The lowest BCUT2D eigenvalue weighted by molar-refractivity contribution is -0.141. The lowest BCUT2D eigenvalue weighted by atomic mass is 9.95. The molecule has 0 aromatic heterocycles. The van der Waals surface area contributed by atoms with E-state index in [4.69, 9.17) is 5.26 Å². The molecule has 0 N–H and O–H groups in total. The summed E-state index contributed by atoms with van der Waals surface area (Å²) in [5.74, 6) is -0.338. The van der Waals surface area contributed by atoms with Crippen molar-refractivity contribution in [3.8, 4) is 17.2 Å². The van der Waals surface area contributed by atoms with E-state index >= 15 is 0 Å². The van der Waals surface area contributed by atoms with Gasteiger partial charge in [-0.05, 0) is 35.4 Å². The van der Waals surface area contributed by atoms with Crippen molar-refractivity contribution in [1.82, 2.24) is 0 Å². The lowest BCUT2D eigenvalue weighted by Gasteiger charge is -2.40. The van der Waals surface area contributed by atoms with Crippen LogP contribution in [0.3, 0.4) is 0 Å². The fourth-order valence-electron chi connectivity index (χ4n) is 2.88. The standard InChI is InChI=1S/C19H17FN2O2/c1-24-19(23)8-13-11-22(12-13)17-6-4-14(5-7-17)15-2-3-16(10-21)18(20)9-15/h2-7,9,13H,8,11-12H2,1H3. The van der Waals surface area contributed by atoms with Crippen LogP contribution in [0.5, 0.6) is 0 Å². The highest BCUT2D eigenvalue weighted by Gasteiger charge is 2.29. The number of hydrogen-bond donors (Lipinski definition) is 0. The first kappa shape index (κ1) is 16.0. The van der Waals surface area contributed by atoms with Gasteiger partial charge in [0.05, 0.1) is 19.1 Å². The normalized spacial score (nSPS) is 14.0. The Morgan fingerprint density at radius 2 is 1.92 bits per heavy atom. The number of benzene rings is 2. The smallest absolute Gasteiger partial charge is 0.305 e. The summed E-state index contributed by atoms with van der Waals surface area (Å²) in [4.78, 5) is 13.4. The van der Waals surface area contributed by atoms with Gasteiger partial charge in [-0.15, -0.1) is 0 Å². The van der Waals surface area contributed by atoms with Gasteiger partial charge in [-0.3, -0.25) is 4.79 Å². The third-order valence-corrected chi connectivity index (χ3v) is 4.30. The monoisotopic (exact) mass is 324 g/mol. The molecule has 3 rings (SSSR count). The zero-order valence-corrected chi connectivity index (χ0v) is 13.3. The van der Waals surface area contributed by atoms with E-state index in [0.29, 0.717) is 12.3 Å². The maximum atomic E-state index is 13.7. The van der Waals surface area contributed by atoms with E-state index in [2.05, 4.69) is 9.64 Å². The summed E-state index contributed by atoms with van der Waals surface area (Å²) < 4.78 is 18.4. The maximum absolute atomic E-state index is 13.7. The minimum Gasteiger partial charge on any atom is -0.469 e. The molecule has 24 heavy (non-hydrogen) atoms. The summed E-state index contributed by atoms with van der Waals surface area (Å²) in [6, 6.07) is 14.3. The van der Waals surface area contributed by atoms with Crippen molar-refractivity contribution in [2.24, 2.45) is 5.92 Å². The molecule has 5 heteroatoms. The molecule has 0 atom stereocenters. The Kier molecular flexibility index (Phi) is 4.48. The summed E-state index contributed by atoms with van der Waals surface area (Å²) >= 11 is 0. The van der Waals surface area contributed by atoms with Crippen molar-refractivity contribution in [2.45, 2.75) is 6.42 Å². The predicted molar refractivity (Wildman–Crippen MR) is 88.9 cm³/mol. The molecule has 1 heterocycles. The van der Waals surface area contributed by atoms with Gasteiger partial charge < -0.3 is 9.64 Å². The molecule has 2 aromatic carbocycles. The average Bonchev–Trinajstić information content (AvgIpc) is 2.57.